The fourth-order valence-electron chi connectivity index (χ4n) is 2.91. The molecular formula is C16H18N2O5S. The predicted molar refractivity (Wildman–Crippen MR) is 88.1 cm³/mol. The van der Waals surface area contributed by atoms with E-state index in [1.54, 1.807) is 0 Å². The molecule has 0 aromatic heterocycles. The number of aliphatic carboxylic acids is 1. The van der Waals surface area contributed by atoms with Gasteiger partial charge in [-0.15, -0.1) is 11.8 Å². The number of morpholine rings is 1. The Labute approximate surface area is 143 Å². The van der Waals surface area contributed by atoms with Gasteiger partial charge < -0.3 is 19.6 Å². The van der Waals surface area contributed by atoms with E-state index in [1.807, 2.05) is 24.3 Å². The van der Waals surface area contributed by atoms with E-state index in [-0.39, 0.29) is 31.4 Å². The lowest BCUT2D eigenvalue weighted by Gasteiger charge is -2.37. The Kier molecular flexibility index (Phi) is 5.06. The van der Waals surface area contributed by atoms with Gasteiger partial charge in [0.2, 0.25) is 11.8 Å². The number of carboxylic acid groups (broad SMARTS) is 1. The number of amides is 2. The van der Waals surface area contributed by atoms with Crippen LogP contribution in [0.3, 0.4) is 0 Å². The smallest absolute Gasteiger partial charge is 0.305 e. The second-order valence-corrected chi connectivity index (χ2v) is 6.67. The van der Waals surface area contributed by atoms with Crippen LogP contribution in [0.5, 0.6) is 0 Å². The fourth-order valence-corrected chi connectivity index (χ4v) is 3.84. The van der Waals surface area contributed by atoms with Crippen molar-refractivity contribution in [3.05, 3.63) is 24.3 Å². The molecule has 3 rings (SSSR count). The van der Waals surface area contributed by atoms with Gasteiger partial charge in [-0.25, -0.2) is 0 Å². The summed E-state index contributed by atoms with van der Waals surface area (Å²) in [5.41, 5.74) is 0.732. The minimum Gasteiger partial charge on any atom is -0.481 e. The van der Waals surface area contributed by atoms with E-state index in [0.29, 0.717) is 18.9 Å². The molecule has 1 aromatic rings. The topological polar surface area (TPSA) is 87.2 Å². The van der Waals surface area contributed by atoms with Crippen molar-refractivity contribution in [3.8, 4) is 0 Å². The number of para-hydroxylation sites is 1. The Balaban J connectivity index is 1.76. The predicted octanol–water partition coefficient (Wildman–Crippen LogP) is 0.827. The van der Waals surface area contributed by atoms with E-state index in [1.165, 1.54) is 21.6 Å². The van der Waals surface area contributed by atoms with Gasteiger partial charge in [0, 0.05) is 11.4 Å². The molecule has 2 heterocycles. The van der Waals surface area contributed by atoms with Crippen LogP contribution in [-0.2, 0) is 19.1 Å². The van der Waals surface area contributed by atoms with Crippen molar-refractivity contribution in [1.29, 1.82) is 0 Å². The summed E-state index contributed by atoms with van der Waals surface area (Å²) in [6.07, 6.45) is -0.161. The molecule has 1 aromatic carbocycles. The normalized spacial score (nSPS) is 20.7. The summed E-state index contributed by atoms with van der Waals surface area (Å²) < 4.78 is 5.29. The van der Waals surface area contributed by atoms with Crippen LogP contribution in [-0.4, -0.2) is 65.9 Å². The standard InChI is InChI=1S/C16H18N2O5S/c19-14(17-5-6-23-9-11(17)7-16(21)22)8-18-12-3-1-2-4-13(12)24-10-15(18)20/h1-4,11H,5-10H2,(H,21,22)/t11-/m0/s1. The van der Waals surface area contributed by atoms with Crippen molar-refractivity contribution in [2.75, 3.05) is 37.0 Å². The number of carboxylic acids is 1. The minimum atomic E-state index is -0.973. The van der Waals surface area contributed by atoms with Gasteiger partial charge >= 0.3 is 5.97 Å². The molecule has 1 N–H and O–H groups in total. The fraction of sp³-hybridized carbons (Fsp3) is 0.438. The van der Waals surface area contributed by atoms with Gasteiger partial charge in [0.25, 0.3) is 0 Å². The number of ether oxygens (including phenoxy) is 1. The van der Waals surface area contributed by atoms with Crippen LogP contribution in [0.25, 0.3) is 0 Å². The van der Waals surface area contributed by atoms with Crippen molar-refractivity contribution in [2.24, 2.45) is 0 Å². The van der Waals surface area contributed by atoms with Crippen molar-refractivity contribution in [1.82, 2.24) is 4.90 Å². The maximum absolute atomic E-state index is 12.7. The van der Waals surface area contributed by atoms with Crippen LogP contribution >= 0.6 is 11.8 Å². The monoisotopic (exact) mass is 350 g/mol. The summed E-state index contributed by atoms with van der Waals surface area (Å²) in [4.78, 5) is 39.9. The van der Waals surface area contributed by atoms with E-state index >= 15 is 0 Å². The Morgan fingerprint density at radius 2 is 2.12 bits per heavy atom. The van der Waals surface area contributed by atoms with Gasteiger partial charge in [0.15, 0.2) is 0 Å². The lowest BCUT2D eigenvalue weighted by Crippen LogP contribution is -2.53. The maximum Gasteiger partial charge on any atom is 0.305 e. The molecule has 2 aliphatic heterocycles. The number of benzene rings is 1. The van der Waals surface area contributed by atoms with Crippen LogP contribution in [0.1, 0.15) is 6.42 Å². The van der Waals surface area contributed by atoms with Crippen molar-refractivity contribution >= 4 is 35.2 Å². The molecule has 7 nitrogen and oxygen atoms in total. The number of rotatable bonds is 4. The Morgan fingerprint density at radius 3 is 2.92 bits per heavy atom. The van der Waals surface area contributed by atoms with Gasteiger partial charge in [0.05, 0.1) is 37.1 Å². The first-order chi connectivity index (χ1) is 11.6. The number of nitrogens with zero attached hydrogens (tertiary/aromatic N) is 2. The van der Waals surface area contributed by atoms with E-state index in [4.69, 9.17) is 9.84 Å². The van der Waals surface area contributed by atoms with Gasteiger partial charge in [-0.3, -0.25) is 14.4 Å². The first-order valence-corrected chi connectivity index (χ1v) is 8.66. The Hall–Kier alpha value is -2.06. The molecule has 2 amide bonds. The maximum atomic E-state index is 12.7. The van der Waals surface area contributed by atoms with Crippen LogP contribution in [0, 0.1) is 0 Å². The first-order valence-electron chi connectivity index (χ1n) is 7.67. The zero-order valence-corrected chi connectivity index (χ0v) is 13.8. The number of fused-ring (bicyclic) bond motifs is 1. The lowest BCUT2D eigenvalue weighted by molar-refractivity contribution is -0.146. The molecule has 2 aliphatic rings. The molecule has 0 bridgehead atoms. The van der Waals surface area contributed by atoms with E-state index in [2.05, 4.69) is 0 Å². The minimum absolute atomic E-state index is 0.0769. The highest BCUT2D eigenvalue weighted by molar-refractivity contribution is 8.00. The number of hydrogen-bond acceptors (Lipinski definition) is 5. The second kappa shape index (κ2) is 7.23. The van der Waals surface area contributed by atoms with E-state index in [9.17, 15) is 14.4 Å². The largest absolute Gasteiger partial charge is 0.481 e. The van der Waals surface area contributed by atoms with Crippen LogP contribution in [0.4, 0.5) is 5.69 Å². The molecule has 0 spiro atoms. The SMILES string of the molecule is O=C(O)C[C@H]1COCCN1C(=O)CN1C(=O)CSc2ccccc21. The second-order valence-electron chi connectivity index (χ2n) is 5.65. The van der Waals surface area contributed by atoms with E-state index in [0.717, 1.165) is 10.6 Å². The molecule has 0 saturated carbocycles. The molecule has 8 heteroatoms. The number of carbonyl (C=O) groups is 3. The third kappa shape index (κ3) is 3.54. The van der Waals surface area contributed by atoms with Crippen LogP contribution in [0.2, 0.25) is 0 Å². The third-order valence-electron chi connectivity index (χ3n) is 4.06. The number of carbonyl (C=O) groups excluding carboxylic acids is 2. The summed E-state index contributed by atoms with van der Waals surface area (Å²) in [6, 6.07) is 6.98. The molecule has 0 unspecified atom stereocenters. The molecule has 0 radical (unpaired) electrons. The van der Waals surface area contributed by atoms with Gasteiger partial charge in [-0.1, -0.05) is 12.1 Å². The Morgan fingerprint density at radius 1 is 1.33 bits per heavy atom. The molecule has 1 fully saturated rings. The van der Waals surface area contributed by atoms with Gasteiger partial charge in [-0.05, 0) is 12.1 Å². The number of hydrogen-bond donors (Lipinski definition) is 1. The van der Waals surface area contributed by atoms with Gasteiger partial charge in [0.1, 0.15) is 6.54 Å². The number of thioether (sulfide) groups is 1. The van der Waals surface area contributed by atoms with Crippen LogP contribution < -0.4 is 4.90 Å². The van der Waals surface area contributed by atoms with Crippen molar-refractivity contribution in [3.63, 3.8) is 0 Å². The molecule has 1 saturated heterocycles. The zero-order valence-electron chi connectivity index (χ0n) is 13.0. The summed E-state index contributed by atoms with van der Waals surface area (Å²) in [5.74, 6) is -1.04. The average Bonchev–Trinajstić information content (AvgIpc) is 2.57. The third-order valence-corrected chi connectivity index (χ3v) is 5.11. The van der Waals surface area contributed by atoms with Crippen molar-refractivity contribution in [2.45, 2.75) is 17.4 Å². The molecule has 24 heavy (non-hydrogen) atoms. The van der Waals surface area contributed by atoms with E-state index < -0.39 is 12.0 Å². The average molecular weight is 350 g/mol. The molecule has 0 aliphatic carbocycles. The highest BCUT2D eigenvalue weighted by Gasteiger charge is 2.33. The summed E-state index contributed by atoms with van der Waals surface area (Å²) in [7, 11) is 0. The molecule has 1 atom stereocenters. The van der Waals surface area contributed by atoms with Gasteiger partial charge in [-0.2, -0.15) is 0 Å². The molecule has 128 valence electrons. The van der Waals surface area contributed by atoms with Crippen LogP contribution in [0.15, 0.2) is 29.2 Å². The highest BCUT2D eigenvalue weighted by Crippen LogP contribution is 2.34. The van der Waals surface area contributed by atoms with Crippen molar-refractivity contribution < 1.29 is 24.2 Å². The summed E-state index contributed by atoms with van der Waals surface area (Å²) in [6.45, 7) is 0.850. The lowest BCUT2D eigenvalue weighted by atomic mass is 10.1. The molecular weight excluding hydrogens is 332 g/mol. The summed E-state index contributed by atoms with van der Waals surface area (Å²) >= 11 is 1.46. The number of anilines is 1. The summed E-state index contributed by atoms with van der Waals surface area (Å²) in [5, 5.41) is 9.00. The highest BCUT2D eigenvalue weighted by atomic mass is 32.2. The first kappa shape index (κ1) is 16.8. The zero-order chi connectivity index (χ0) is 17.1. The quantitative estimate of drug-likeness (QED) is 0.865. The Bertz CT molecular complexity index is 666.